The number of rotatable bonds is 4. The molecule has 0 aliphatic carbocycles. The van der Waals surface area contributed by atoms with Gasteiger partial charge in [0.05, 0.1) is 0 Å². The molecule has 122 valence electrons. The molecule has 2 saturated heterocycles. The van der Waals surface area contributed by atoms with Crippen LogP contribution in [0.2, 0.25) is 0 Å². The molecule has 0 bridgehead atoms. The van der Waals surface area contributed by atoms with E-state index in [-0.39, 0.29) is 5.91 Å². The second-order valence-electron chi connectivity index (χ2n) is 6.61. The molecule has 0 aromatic carbocycles. The van der Waals surface area contributed by atoms with E-state index in [9.17, 15) is 9.90 Å². The molecule has 3 heterocycles. The molecule has 0 spiro atoms. The van der Waals surface area contributed by atoms with Gasteiger partial charge in [-0.25, -0.2) is 0 Å². The molecule has 2 aliphatic heterocycles. The fourth-order valence-corrected chi connectivity index (χ4v) is 3.62. The zero-order valence-electron chi connectivity index (χ0n) is 13.4. The van der Waals surface area contributed by atoms with Gasteiger partial charge in [0.1, 0.15) is 0 Å². The summed E-state index contributed by atoms with van der Waals surface area (Å²) in [5.74, 6) is -0.0600. The van der Waals surface area contributed by atoms with E-state index in [1.807, 2.05) is 22.7 Å². The van der Waals surface area contributed by atoms with Crippen LogP contribution in [0, 0.1) is 0 Å². The van der Waals surface area contributed by atoms with Crippen LogP contribution in [0.25, 0.3) is 0 Å². The molecule has 3 rings (SSSR count). The van der Waals surface area contributed by atoms with Crippen LogP contribution in [-0.2, 0) is 18.3 Å². The van der Waals surface area contributed by atoms with Gasteiger partial charge in [-0.1, -0.05) is 0 Å². The number of hydrogen-bond donors (Lipinski definition) is 1. The van der Waals surface area contributed by atoms with E-state index in [1.165, 1.54) is 5.69 Å². The smallest absolute Gasteiger partial charge is 0.255 e. The lowest BCUT2D eigenvalue weighted by Gasteiger charge is -2.40. The first-order chi connectivity index (χ1) is 10.6. The molecular weight excluding hydrogens is 280 g/mol. The minimum Gasteiger partial charge on any atom is -0.379 e. The normalized spacial score (nSPS) is 26.5. The number of piperidine rings is 1. The molecule has 1 atom stereocenters. The van der Waals surface area contributed by atoms with Crippen molar-refractivity contribution in [1.29, 1.82) is 0 Å². The first kappa shape index (κ1) is 15.5. The van der Waals surface area contributed by atoms with Crippen LogP contribution >= 0.6 is 0 Å². The third kappa shape index (κ3) is 3.17. The van der Waals surface area contributed by atoms with Gasteiger partial charge in [-0.05, 0) is 38.3 Å². The van der Waals surface area contributed by atoms with E-state index in [0.29, 0.717) is 13.0 Å². The summed E-state index contributed by atoms with van der Waals surface area (Å²) >= 11 is 0. The fourth-order valence-electron chi connectivity index (χ4n) is 3.62. The van der Waals surface area contributed by atoms with Crippen LogP contribution in [0.1, 0.15) is 31.4 Å². The third-order valence-electron chi connectivity index (χ3n) is 4.95. The molecular formula is C16H26N4O2. The van der Waals surface area contributed by atoms with Crippen molar-refractivity contribution >= 4 is 5.91 Å². The zero-order valence-corrected chi connectivity index (χ0v) is 13.4. The Hall–Kier alpha value is -1.40. The minimum atomic E-state index is -1.19. The Kier molecular flexibility index (Phi) is 4.49. The van der Waals surface area contributed by atoms with Crippen LogP contribution in [0.15, 0.2) is 12.3 Å². The van der Waals surface area contributed by atoms with E-state index in [1.54, 1.807) is 6.20 Å². The van der Waals surface area contributed by atoms with Crippen molar-refractivity contribution in [2.75, 3.05) is 32.7 Å². The molecule has 6 heteroatoms. The summed E-state index contributed by atoms with van der Waals surface area (Å²) in [6, 6.07) is 2.02. The van der Waals surface area contributed by atoms with Crippen LogP contribution in [0.4, 0.5) is 0 Å². The maximum absolute atomic E-state index is 12.6. The maximum atomic E-state index is 12.6. The van der Waals surface area contributed by atoms with E-state index in [0.717, 1.165) is 51.9 Å². The second kappa shape index (κ2) is 6.38. The van der Waals surface area contributed by atoms with E-state index in [4.69, 9.17) is 0 Å². The van der Waals surface area contributed by atoms with Gasteiger partial charge in [0.25, 0.3) is 5.91 Å². The maximum Gasteiger partial charge on any atom is 0.255 e. The average molecular weight is 306 g/mol. The summed E-state index contributed by atoms with van der Waals surface area (Å²) in [7, 11) is 1.94. The molecule has 1 aromatic heterocycles. The van der Waals surface area contributed by atoms with Crippen LogP contribution in [0.3, 0.4) is 0 Å². The Labute approximate surface area is 131 Å². The first-order valence-electron chi connectivity index (χ1n) is 8.29. The highest BCUT2D eigenvalue weighted by Crippen LogP contribution is 2.25. The molecule has 6 nitrogen and oxygen atoms in total. The zero-order chi connectivity index (χ0) is 15.6. The van der Waals surface area contributed by atoms with E-state index in [2.05, 4.69) is 10.00 Å². The third-order valence-corrected chi connectivity index (χ3v) is 4.95. The molecule has 22 heavy (non-hydrogen) atoms. The molecule has 2 aliphatic rings. The summed E-state index contributed by atoms with van der Waals surface area (Å²) < 4.78 is 1.88. The molecule has 1 amide bonds. The SMILES string of the molecule is Cn1nccc1CCN1CCCC(O)(C(=O)N2CCCC2)C1. The number of likely N-dealkylation sites (tertiary alicyclic amines) is 2. The topological polar surface area (TPSA) is 61.6 Å². The number of aromatic nitrogens is 2. The van der Waals surface area contributed by atoms with Crippen molar-refractivity contribution in [3.63, 3.8) is 0 Å². The van der Waals surface area contributed by atoms with Crippen molar-refractivity contribution in [2.24, 2.45) is 7.05 Å². The Morgan fingerprint density at radius 1 is 1.32 bits per heavy atom. The molecule has 1 unspecified atom stereocenters. The highest BCUT2D eigenvalue weighted by Gasteiger charge is 2.43. The van der Waals surface area contributed by atoms with Gasteiger partial charge in [0.15, 0.2) is 5.60 Å². The lowest BCUT2D eigenvalue weighted by Crippen LogP contribution is -2.57. The fraction of sp³-hybridized carbons (Fsp3) is 0.750. The summed E-state index contributed by atoms with van der Waals surface area (Å²) in [5.41, 5.74) is -0.00493. The number of β-amino-alcohol motifs (C(OH)–C–C–N with tert-alkyl or cyclic N) is 1. The minimum absolute atomic E-state index is 0.0600. The Morgan fingerprint density at radius 3 is 2.77 bits per heavy atom. The standard InChI is InChI=1S/C16H26N4O2/c1-18-14(5-8-17-18)6-12-19-9-4-7-16(22,13-19)15(21)20-10-2-3-11-20/h5,8,22H,2-4,6-7,9-13H2,1H3. The lowest BCUT2D eigenvalue weighted by molar-refractivity contribution is -0.156. The summed E-state index contributed by atoms with van der Waals surface area (Å²) in [6.45, 7) is 3.87. The summed E-state index contributed by atoms with van der Waals surface area (Å²) in [4.78, 5) is 16.6. The van der Waals surface area contributed by atoms with Crippen molar-refractivity contribution in [3.05, 3.63) is 18.0 Å². The number of carbonyl (C=O) groups excluding carboxylic acids is 1. The molecule has 0 radical (unpaired) electrons. The van der Waals surface area contributed by atoms with Gasteiger partial charge in [-0.2, -0.15) is 5.10 Å². The van der Waals surface area contributed by atoms with Gasteiger partial charge in [0.2, 0.25) is 0 Å². The number of hydrogen-bond acceptors (Lipinski definition) is 4. The molecule has 1 N–H and O–H groups in total. The van der Waals surface area contributed by atoms with Gasteiger partial charge in [0, 0.05) is 51.5 Å². The first-order valence-corrected chi connectivity index (χ1v) is 8.29. The Morgan fingerprint density at radius 2 is 2.09 bits per heavy atom. The molecule has 1 aromatic rings. The number of carbonyl (C=O) groups is 1. The van der Waals surface area contributed by atoms with Gasteiger partial charge < -0.3 is 10.0 Å². The lowest BCUT2D eigenvalue weighted by atomic mass is 9.91. The number of aliphatic hydroxyl groups is 1. The van der Waals surface area contributed by atoms with Gasteiger partial charge in [-0.15, -0.1) is 0 Å². The van der Waals surface area contributed by atoms with Gasteiger partial charge >= 0.3 is 0 Å². The van der Waals surface area contributed by atoms with Crippen molar-refractivity contribution in [2.45, 2.75) is 37.7 Å². The largest absolute Gasteiger partial charge is 0.379 e. The Balaban J connectivity index is 1.58. The number of aryl methyl sites for hydroxylation is 1. The van der Waals surface area contributed by atoms with E-state index < -0.39 is 5.60 Å². The van der Waals surface area contributed by atoms with E-state index >= 15 is 0 Å². The predicted octanol–water partition coefficient (Wildman–Crippen LogP) is 0.412. The number of nitrogens with zero attached hydrogens (tertiary/aromatic N) is 4. The summed E-state index contributed by atoms with van der Waals surface area (Å²) in [5, 5.41) is 15.0. The predicted molar refractivity (Wildman–Crippen MR) is 83.3 cm³/mol. The monoisotopic (exact) mass is 306 g/mol. The summed E-state index contributed by atoms with van der Waals surface area (Å²) in [6.07, 6.45) is 6.29. The van der Waals surface area contributed by atoms with Crippen LogP contribution in [0.5, 0.6) is 0 Å². The highest BCUT2D eigenvalue weighted by molar-refractivity contribution is 5.85. The van der Waals surface area contributed by atoms with Crippen molar-refractivity contribution < 1.29 is 9.90 Å². The number of amides is 1. The molecule has 2 fully saturated rings. The quantitative estimate of drug-likeness (QED) is 0.875. The van der Waals surface area contributed by atoms with Gasteiger partial charge in [-0.3, -0.25) is 14.4 Å². The molecule has 0 saturated carbocycles. The van der Waals surface area contributed by atoms with Crippen molar-refractivity contribution in [3.8, 4) is 0 Å². The highest BCUT2D eigenvalue weighted by atomic mass is 16.3. The van der Waals surface area contributed by atoms with Crippen LogP contribution < -0.4 is 0 Å². The average Bonchev–Trinajstić information content (AvgIpc) is 3.16. The Bertz CT molecular complexity index is 524. The van der Waals surface area contributed by atoms with Crippen LogP contribution in [-0.4, -0.2) is 68.9 Å². The van der Waals surface area contributed by atoms with Crippen molar-refractivity contribution in [1.82, 2.24) is 19.6 Å². The second-order valence-corrected chi connectivity index (χ2v) is 6.61.